The van der Waals surface area contributed by atoms with E-state index < -0.39 is 0 Å². The first kappa shape index (κ1) is 12.1. The van der Waals surface area contributed by atoms with Crippen LogP contribution in [0.1, 0.15) is 0 Å². The number of pyridine rings is 1. The van der Waals surface area contributed by atoms with Crippen LogP contribution in [0, 0.1) is 0 Å². The summed E-state index contributed by atoms with van der Waals surface area (Å²) in [6, 6.07) is 3.82. The summed E-state index contributed by atoms with van der Waals surface area (Å²) in [5.41, 5.74) is 1.01. The molecule has 0 amide bonds. The number of aromatic nitrogens is 4. The molecule has 2 heterocycles. The molecule has 0 aliphatic heterocycles. The molecule has 0 aliphatic rings. The lowest BCUT2D eigenvalue weighted by Gasteiger charge is -2.06. The van der Waals surface area contributed by atoms with Crippen molar-refractivity contribution < 1.29 is 0 Å². The van der Waals surface area contributed by atoms with E-state index in [-0.39, 0.29) is 0 Å². The summed E-state index contributed by atoms with van der Waals surface area (Å²) in [6.07, 6.45) is 3.49. The number of hydrogen-bond donors (Lipinski definition) is 1. The Balaban J connectivity index is 1.97. The molecule has 17 heavy (non-hydrogen) atoms. The molecule has 5 nitrogen and oxygen atoms in total. The summed E-state index contributed by atoms with van der Waals surface area (Å²) in [5.74, 6) is 1.78. The highest BCUT2D eigenvalue weighted by atomic mass is 32.2. The molecule has 0 aliphatic carbocycles. The van der Waals surface area contributed by atoms with E-state index in [4.69, 9.17) is 0 Å². The average Bonchev–Trinajstić information content (AvgIpc) is 2.78. The number of H-pyrrole nitrogens is 1. The van der Waals surface area contributed by atoms with Gasteiger partial charge in [-0.1, -0.05) is 11.8 Å². The molecule has 2 rings (SSSR count). The van der Waals surface area contributed by atoms with Gasteiger partial charge in [0.15, 0.2) is 5.82 Å². The lowest BCUT2D eigenvalue weighted by Crippen LogP contribution is -2.14. The van der Waals surface area contributed by atoms with Gasteiger partial charge in [0.05, 0.1) is 0 Å². The molecule has 0 atom stereocenters. The van der Waals surface area contributed by atoms with Crippen LogP contribution in [0.3, 0.4) is 0 Å². The van der Waals surface area contributed by atoms with Gasteiger partial charge in [0.25, 0.3) is 0 Å². The molecule has 2 aromatic rings. The maximum absolute atomic E-state index is 4.43. The number of thioether (sulfide) groups is 1. The highest BCUT2D eigenvalue weighted by Gasteiger charge is 2.05. The molecular formula is C11H15N5S. The van der Waals surface area contributed by atoms with E-state index in [1.165, 1.54) is 0 Å². The first-order valence-electron chi connectivity index (χ1n) is 5.36. The Hall–Kier alpha value is -1.40. The number of aromatic amines is 1. The Kier molecular flexibility index (Phi) is 4.11. The third-order valence-electron chi connectivity index (χ3n) is 2.19. The number of rotatable bonds is 5. The van der Waals surface area contributed by atoms with Crippen LogP contribution >= 0.6 is 11.8 Å². The second-order valence-electron chi connectivity index (χ2n) is 3.85. The minimum Gasteiger partial charge on any atom is -0.309 e. The fourth-order valence-electron chi connectivity index (χ4n) is 1.27. The van der Waals surface area contributed by atoms with Gasteiger partial charge < -0.3 is 4.90 Å². The van der Waals surface area contributed by atoms with Gasteiger partial charge in [0.1, 0.15) is 0 Å². The smallest absolute Gasteiger partial charge is 0.208 e. The van der Waals surface area contributed by atoms with Gasteiger partial charge >= 0.3 is 0 Å². The van der Waals surface area contributed by atoms with Gasteiger partial charge in [-0.15, -0.1) is 5.10 Å². The highest BCUT2D eigenvalue weighted by molar-refractivity contribution is 7.99. The molecule has 0 radical (unpaired) electrons. The largest absolute Gasteiger partial charge is 0.309 e. The first-order chi connectivity index (χ1) is 8.25. The van der Waals surface area contributed by atoms with Crippen molar-refractivity contribution in [3.63, 3.8) is 0 Å². The van der Waals surface area contributed by atoms with Gasteiger partial charge in [0, 0.05) is 30.3 Å². The van der Waals surface area contributed by atoms with E-state index in [2.05, 4.69) is 39.2 Å². The standard InChI is InChI=1S/C11H15N5S/c1-16(2)7-8-17-11-13-10(14-15-11)9-3-5-12-6-4-9/h3-6H,7-8H2,1-2H3,(H,13,14,15). The maximum atomic E-state index is 4.43. The Morgan fingerprint density at radius 2 is 2.06 bits per heavy atom. The molecule has 0 bridgehead atoms. The third-order valence-corrected chi connectivity index (χ3v) is 3.02. The van der Waals surface area contributed by atoms with Crippen LogP contribution in [0.2, 0.25) is 0 Å². The van der Waals surface area contributed by atoms with E-state index >= 15 is 0 Å². The minimum atomic E-state index is 0.790. The van der Waals surface area contributed by atoms with Crippen LogP contribution < -0.4 is 0 Å². The van der Waals surface area contributed by atoms with Gasteiger partial charge in [-0.2, -0.15) is 0 Å². The number of hydrogen-bond acceptors (Lipinski definition) is 5. The van der Waals surface area contributed by atoms with E-state index in [1.807, 2.05) is 12.1 Å². The SMILES string of the molecule is CN(C)CCSc1n[nH]c(-c2ccncc2)n1. The third kappa shape index (κ3) is 3.54. The fourth-order valence-corrected chi connectivity index (χ4v) is 2.17. The van der Waals surface area contributed by atoms with Crippen molar-refractivity contribution in [2.45, 2.75) is 5.16 Å². The molecular weight excluding hydrogens is 234 g/mol. The van der Waals surface area contributed by atoms with Crippen molar-refractivity contribution in [1.82, 2.24) is 25.1 Å². The predicted octanol–water partition coefficient (Wildman–Crippen LogP) is 1.52. The number of nitrogens with zero attached hydrogens (tertiary/aromatic N) is 4. The van der Waals surface area contributed by atoms with Crippen molar-refractivity contribution in [3.05, 3.63) is 24.5 Å². The summed E-state index contributed by atoms with van der Waals surface area (Å²) in [6.45, 7) is 1.02. The predicted molar refractivity (Wildman–Crippen MR) is 68.9 cm³/mol. The van der Waals surface area contributed by atoms with Gasteiger partial charge in [0.2, 0.25) is 5.16 Å². The summed E-state index contributed by atoms with van der Waals surface area (Å²) in [4.78, 5) is 10.5. The molecule has 0 spiro atoms. The van der Waals surface area contributed by atoms with E-state index in [0.29, 0.717) is 0 Å². The van der Waals surface area contributed by atoms with Crippen LogP contribution in [-0.4, -0.2) is 51.5 Å². The molecule has 90 valence electrons. The molecule has 0 aromatic carbocycles. The molecule has 0 saturated carbocycles. The Morgan fingerprint density at radius 1 is 1.29 bits per heavy atom. The molecule has 0 fully saturated rings. The average molecular weight is 249 g/mol. The van der Waals surface area contributed by atoms with Crippen molar-refractivity contribution in [2.24, 2.45) is 0 Å². The van der Waals surface area contributed by atoms with Gasteiger partial charge in [-0.25, -0.2) is 4.98 Å². The molecule has 2 aromatic heterocycles. The normalized spacial score (nSPS) is 11.0. The Morgan fingerprint density at radius 3 is 2.76 bits per heavy atom. The summed E-state index contributed by atoms with van der Waals surface area (Å²) < 4.78 is 0. The fraction of sp³-hybridized carbons (Fsp3) is 0.364. The van der Waals surface area contributed by atoms with Crippen LogP contribution in [0.5, 0.6) is 0 Å². The maximum Gasteiger partial charge on any atom is 0.208 e. The Labute approximate surface area is 105 Å². The monoisotopic (exact) mass is 249 g/mol. The molecule has 1 N–H and O–H groups in total. The van der Waals surface area contributed by atoms with Crippen LogP contribution in [0.4, 0.5) is 0 Å². The lowest BCUT2D eigenvalue weighted by atomic mass is 10.3. The summed E-state index contributed by atoms with van der Waals surface area (Å²) >= 11 is 1.65. The second kappa shape index (κ2) is 5.79. The zero-order valence-corrected chi connectivity index (χ0v) is 10.7. The zero-order chi connectivity index (χ0) is 12.1. The minimum absolute atomic E-state index is 0.790. The van der Waals surface area contributed by atoms with Crippen molar-refractivity contribution in [1.29, 1.82) is 0 Å². The summed E-state index contributed by atoms with van der Waals surface area (Å²) in [7, 11) is 4.11. The van der Waals surface area contributed by atoms with Crippen LogP contribution in [0.25, 0.3) is 11.4 Å². The van der Waals surface area contributed by atoms with Crippen LogP contribution in [-0.2, 0) is 0 Å². The van der Waals surface area contributed by atoms with Crippen molar-refractivity contribution in [2.75, 3.05) is 26.4 Å². The van der Waals surface area contributed by atoms with Crippen molar-refractivity contribution in [3.8, 4) is 11.4 Å². The molecule has 0 unspecified atom stereocenters. The van der Waals surface area contributed by atoms with E-state index in [9.17, 15) is 0 Å². The zero-order valence-electron chi connectivity index (χ0n) is 9.92. The quantitative estimate of drug-likeness (QED) is 0.814. The lowest BCUT2D eigenvalue weighted by molar-refractivity contribution is 0.437. The van der Waals surface area contributed by atoms with Gasteiger partial charge in [-0.3, -0.25) is 10.1 Å². The van der Waals surface area contributed by atoms with E-state index in [0.717, 1.165) is 28.8 Å². The topological polar surface area (TPSA) is 57.7 Å². The molecule has 6 heteroatoms. The second-order valence-corrected chi connectivity index (χ2v) is 4.92. The first-order valence-corrected chi connectivity index (χ1v) is 6.34. The summed E-state index contributed by atoms with van der Waals surface area (Å²) in [5, 5.41) is 7.90. The number of nitrogens with one attached hydrogen (secondary N) is 1. The highest BCUT2D eigenvalue weighted by Crippen LogP contribution is 2.18. The van der Waals surface area contributed by atoms with Gasteiger partial charge in [-0.05, 0) is 26.2 Å². The van der Waals surface area contributed by atoms with Crippen molar-refractivity contribution >= 4 is 11.8 Å². The van der Waals surface area contributed by atoms with E-state index in [1.54, 1.807) is 24.2 Å². The van der Waals surface area contributed by atoms with Crippen LogP contribution in [0.15, 0.2) is 29.7 Å². The molecule has 0 saturated heterocycles. The Bertz CT molecular complexity index is 454.